The molecular formula is C20H23BrN2O5S. The Labute approximate surface area is 179 Å². The second-order valence-electron chi connectivity index (χ2n) is 6.87. The molecule has 3 rings (SSSR count). The number of carbonyl (C=O) groups excluding carboxylic acids is 1. The van der Waals surface area contributed by atoms with Crippen LogP contribution in [0, 0.1) is 0 Å². The highest BCUT2D eigenvalue weighted by Crippen LogP contribution is 2.35. The maximum Gasteiger partial charge on any atom is 0.243 e. The van der Waals surface area contributed by atoms with Crippen LogP contribution < -0.4 is 14.4 Å². The number of carbonyl (C=O) groups is 1. The first kappa shape index (κ1) is 21.6. The lowest BCUT2D eigenvalue weighted by molar-refractivity contribution is -0.118. The first-order chi connectivity index (χ1) is 13.7. The molecule has 1 amide bonds. The van der Waals surface area contributed by atoms with Crippen molar-refractivity contribution in [1.82, 2.24) is 4.31 Å². The number of ether oxygens (including phenoxy) is 2. The molecule has 29 heavy (non-hydrogen) atoms. The molecular weight excluding hydrogens is 460 g/mol. The molecule has 156 valence electrons. The van der Waals surface area contributed by atoms with Gasteiger partial charge in [0.05, 0.1) is 25.7 Å². The molecule has 0 N–H and O–H groups in total. The standard InChI is InChI=1S/C20H23BrN2O5S/c1-13-9-14-10-15(21)5-7-17(14)23(13)20(24)12-22(2)29(25,26)16-6-8-18(27-3)19(11-16)28-4/h5-8,10-11,13H,9,12H2,1-4H3/t13-/m1/s1. The van der Waals surface area contributed by atoms with Crippen LogP contribution in [0.4, 0.5) is 5.69 Å². The van der Waals surface area contributed by atoms with Gasteiger partial charge in [-0.15, -0.1) is 0 Å². The Morgan fingerprint density at radius 3 is 2.52 bits per heavy atom. The molecule has 1 aliphatic rings. The van der Waals surface area contributed by atoms with Gasteiger partial charge in [-0.2, -0.15) is 4.31 Å². The van der Waals surface area contributed by atoms with E-state index in [0.29, 0.717) is 11.5 Å². The van der Waals surface area contributed by atoms with Crippen molar-refractivity contribution in [3.8, 4) is 11.5 Å². The van der Waals surface area contributed by atoms with E-state index in [9.17, 15) is 13.2 Å². The van der Waals surface area contributed by atoms with Gasteiger partial charge in [-0.25, -0.2) is 8.42 Å². The van der Waals surface area contributed by atoms with Gasteiger partial charge in [-0.1, -0.05) is 15.9 Å². The topological polar surface area (TPSA) is 76.2 Å². The predicted molar refractivity (Wildman–Crippen MR) is 114 cm³/mol. The second-order valence-corrected chi connectivity index (χ2v) is 9.83. The molecule has 0 aliphatic carbocycles. The number of halogens is 1. The maximum atomic E-state index is 13.0. The van der Waals surface area contributed by atoms with Gasteiger partial charge >= 0.3 is 0 Å². The van der Waals surface area contributed by atoms with Crippen molar-refractivity contribution in [2.45, 2.75) is 24.3 Å². The fourth-order valence-electron chi connectivity index (χ4n) is 3.49. The molecule has 0 saturated heterocycles. The third kappa shape index (κ3) is 4.12. The molecule has 0 radical (unpaired) electrons. The van der Waals surface area contributed by atoms with Crippen molar-refractivity contribution in [3.05, 3.63) is 46.4 Å². The van der Waals surface area contributed by atoms with Gasteiger partial charge in [0.25, 0.3) is 0 Å². The van der Waals surface area contributed by atoms with Crippen LogP contribution in [0.1, 0.15) is 12.5 Å². The third-order valence-corrected chi connectivity index (χ3v) is 7.24. The second kappa shape index (κ2) is 8.33. The Morgan fingerprint density at radius 2 is 1.86 bits per heavy atom. The average molecular weight is 483 g/mol. The number of sulfonamides is 1. The SMILES string of the molecule is COc1ccc(S(=O)(=O)N(C)CC(=O)N2c3ccc(Br)cc3C[C@H]2C)cc1OC. The fraction of sp³-hybridized carbons (Fsp3) is 0.350. The zero-order valence-electron chi connectivity index (χ0n) is 16.7. The number of anilines is 1. The molecule has 0 fully saturated rings. The van der Waals surface area contributed by atoms with Crippen molar-refractivity contribution < 1.29 is 22.7 Å². The Morgan fingerprint density at radius 1 is 1.17 bits per heavy atom. The van der Waals surface area contributed by atoms with Gasteiger partial charge in [-0.3, -0.25) is 4.79 Å². The van der Waals surface area contributed by atoms with E-state index in [1.165, 1.54) is 39.5 Å². The number of amides is 1. The summed E-state index contributed by atoms with van der Waals surface area (Å²) in [7, 11) is 0.429. The van der Waals surface area contributed by atoms with Crippen molar-refractivity contribution >= 4 is 37.5 Å². The number of fused-ring (bicyclic) bond motifs is 1. The molecule has 9 heteroatoms. The van der Waals surface area contributed by atoms with E-state index < -0.39 is 10.0 Å². The van der Waals surface area contributed by atoms with Crippen LogP contribution in [-0.2, 0) is 21.2 Å². The minimum atomic E-state index is -3.88. The third-order valence-electron chi connectivity index (χ3n) is 4.95. The smallest absolute Gasteiger partial charge is 0.243 e. The molecule has 2 aromatic rings. The summed E-state index contributed by atoms with van der Waals surface area (Å²) in [6.45, 7) is 1.69. The summed E-state index contributed by atoms with van der Waals surface area (Å²) in [5.74, 6) is 0.463. The summed E-state index contributed by atoms with van der Waals surface area (Å²) in [5.41, 5.74) is 1.88. The molecule has 1 aliphatic heterocycles. The molecule has 0 unspecified atom stereocenters. The van der Waals surface area contributed by atoms with E-state index in [1.54, 1.807) is 4.90 Å². The van der Waals surface area contributed by atoms with E-state index in [0.717, 1.165) is 26.4 Å². The lowest BCUT2D eigenvalue weighted by Gasteiger charge is -2.25. The first-order valence-corrected chi connectivity index (χ1v) is 11.2. The lowest BCUT2D eigenvalue weighted by atomic mass is 10.1. The van der Waals surface area contributed by atoms with Crippen LogP contribution in [0.2, 0.25) is 0 Å². The zero-order valence-corrected chi connectivity index (χ0v) is 19.1. The number of nitrogens with zero attached hydrogens (tertiary/aromatic N) is 2. The van der Waals surface area contributed by atoms with Gasteiger partial charge < -0.3 is 14.4 Å². The summed E-state index contributed by atoms with van der Waals surface area (Å²) in [6, 6.07) is 10.1. The van der Waals surface area contributed by atoms with Crippen LogP contribution >= 0.6 is 15.9 Å². The number of benzene rings is 2. The molecule has 0 aromatic heterocycles. The highest BCUT2D eigenvalue weighted by Gasteiger charge is 2.33. The lowest BCUT2D eigenvalue weighted by Crippen LogP contribution is -2.43. The van der Waals surface area contributed by atoms with Crippen LogP contribution in [0.3, 0.4) is 0 Å². The highest BCUT2D eigenvalue weighted by molar-refractivity contribution is 9.10. The number of hydrogen-bond acceptors (Lipinski definition) is 5. The summed E-state index contributed by atoms with van der Waals surface area (Å²) < 4.78 is 38.3. The van der Waals surface area contributed by atoms with E-state index in [1.807, 2.05) is 25.1 Å². The average Bonchev–Trinajstić information content (AvgIpc) is 3.01. The van der Waals surface area contributed by atoms with Crippen LogP contribution in [-0.4, -0.2) is 52.5 Å². The predicted octanol–water partition coefficient (Wildman–Crippen LogP) is 3.06. The van der Waals surface area contributed by atoms with E-state index in [-0.39, 0.29) is 23.4 Å². The van der Waals surface area contributed by atoms with Crippen LogP contribution in [0.5, 0.6) is 11.5 Å². The zero-order chi connectivity index (χ0) is 21.3. The van der Waals surface area contributed by atoms with Gasteiger partial charge in [0.1, 0.15) is 0 Å². The molecule has 7 nitrogen and oxygen atoms in total. The van der Waals surface area contributed by atoms with Crippen LogP contribution in [0.15, 0.2) is 45.8 Å². The van der Waals surface area contributed by atoms with Crippen molar-refractivity contribution in [2.75, 3.05) is 32.7 Å². The minimum Gasteiger partial charge on any atom is -0.493 e. The summed E-state index contributed by atoms with van der Waals surface area (Å²) >= 11 is 3.45. The van der Waals surface area contributed by atoms with Crippen LogP contribution in [0.25, 0.3) is 0 Å². The van der Waals surface area contributed by atoms with Gasteiger partial charge in [0.2, 0.25) is 15.9 Å². The Balaban J connectivity index is 1.83. The fourth-order valence-corrected chi connectivity index (χ4v) is 5.03. The van der Waals surface area contributed by atoms with E-state index >= 15 is 0 Å². The number of likely N-dealkylation sites (N-methyl/N-ethyl adjacent to an activating group) is 1. The van der Waals surface area contributed by atoms with Gasteiger partial charge in [-0.05, 0) is 49.2 Å². The summed E-state index contributed by atoms with van der Waals surface area (Å²) in [5, 5.41) is 0. The largest absolute Gasteiger partial charge is 0.493 e. The quantitative estimate of drug-likeness (QED) is 0.632. The van der Waals surface area contributed by atoms with Crippen molar-refractivity contribution in [2.24, 2.45) is 0 Å². The van der Waals surface area contributed by atoms with Gasteiger partial charge in [0.15, 0.2) is 11.5 Å². The maximum absolute atomic E-state index is 13.0. The Bertz CT molecular complexity index is 1040. The number of rotatable bonds is 6. The monoisotopic (exact) mass is 482 g/mol. The molecule has 0 saturated carbocycles. The van der Waals surface area contributed by atoms with Crippen molar-refractivity contribution in [3.63, 3.8) is 0 Å². The highest BCUT2D eigenvalue weighted by atomic mass is 79.9. The summed E-state index contributed by atoms with van der Waals surface area (Å²) in [4.78, 5) is 14.7. The molecule has 2 aromatic carbocycles. The molecule has 1 heterocycles. The normalized spacial score (nSPS) is 16.1. The first-order valence-electron chi connectivity index (χ1n) is 8.98. The Kier molecular flexibility index (Phi) is 6.21. The molecule has 0 spiro atoms. The number of hydrogen-bond donors (Lipinski definition) is 0. The van der Waals surface area contributed by atoms with Crippen molar-refractivity contribution in [1.29, 1.82) is 0 Å². The molecule has 0 bridgehead atoms. The van der Waals surface area contributed by atoms with E-state index in [4.69, 9.17) is 9.47 Å². The Hall–Kier alpha value is -2.10. The molecule has 1 atom stereocenters. The number of methoxy groups -OCH3 is 2. The minimum absolute atomic E-state index is 0.0317. The van der Waals surface area contributed by atoms with E-state index in [2.05, 4.69) is 15.9 Å². The van der Waals surface area contributed by atoms with Gasteiger partial charge in [0, 0.05) is 29.3 Å². The summed E-state index contributed by atoms with van der Waals surface area (Å²) in [6.07, 6.45) is 0.729.